The van der Waals surface area contributed by atoms with E-state index in [-0.39, 0.29) is 11.5 Å². The third-order valence-corrected chi connectivity index (χ3v) is 3.56. The summed E-state index contributed by atoms with van der Waals surface area (Å²) >= 11 is 0. The zero-order chi connectivity index (χ0) is 15.2. The second kappa shape index (κ2) is 7.36. The molecule has 1 aliphatic carbocycles. The zero-order valence-electron chi connectivity index (χ0n) is 12.7. The van der Waals surface area contributed by atoms with Crippen LogP contribution in [0.1, 0.15) is 36.5 Å². The van der Waals surface area contributed by atoms with E-state index >= 15 is 0 Å². The lowest BCUT2D eigenvalue weighted by Gasteiger charge is -2.16. The van der Waals surface area contributed by atoms with Gasteiger partial charge in [0, 0.05) is 25.7 Å². The van der Waals surface area contributed by atoms with Gasteiger partial charge in [0.15, 0.2) is 0 Å². The molecule has 0 spiro atoms. The van der Waals surface area contributed by atoms with E-state index in [0.717, 1.165) is 19.2 Å². The first-order valence-corrected chi connectivity index (χ1v) is 7.49. The molecule has 1 amide bonds. The Morgan fingerprint density at radius 2 is 2.24 bits per heavy atom. The fourth-order valence-electron chi connectivity index (χ4n) is 2.14. The van der Waals surface area contributed by atoms with Crippen molar-refractivity contribution in [3.63, 3.8) is 0 Å². The summed E-state index contributed by atoms with van der Waals surface area (Å²) < 4.78 is 13.3. The topological polar surface area (TPSA) is 57.3 Å². The number of nitrogens with one attached hydrogen (secondary N) is 2. The van der Waals surface area contributed by atoms with E-state index in [1.807, 2.05) is 6.92 Å². The average Bonchev–Trinajstić information content (AvgIpc) is 3.30. The van der Waals surface area contributed by atoms with Gasteiger partial charge in [0.25, 0.3) is 5.91 Å². The summed E-state index contributed by atoms with van der Waals surface area (Å²) in [5.74, 6) is -0.353. The Morgan fingerprint density at radius 1 is 1.48 bits per heavy atom. The van der Waals surface area contributed by atoms with Crippen molar-refractivity contribution in [3.05, 3.63) is 23.6 Å². The summed E-state index contributed by atoms with van der Waals surface area (Å²) in [6.07, 6.45) is 4.51. The number of rotatable bonds is 8. The molecule has 1 aliphatic rings. The number of anilines is 1. The SMILES string of the molecule is CCCNc1ncc(F)cc1C(=O)NCCN(C)C1CC1. The molecule has 0 aliphatic heterocycles. The molecule has 1 aromatic rings. The number of hydrogen-bond acceptors (Lipinski definition) is 4. The number of pyridine rings is 1. The van der Waals surface area contributed by atoms with E-state index in [2.05, 4.69) is 27.6 Å². The van der Waals surface area contributed by atoms with E-state index in [9.17, 15) is 9.18 Å². The van der Waals surface area contributed by atoms with E-state index in [1.54, 1.807) is 0 Å². The lowest BCUT2D eigenvalue weighted by Crippen LogP contribution is -2.34. The van der Waals surface area contributed by atoms with Crippen LogP contribution in [0.2, 0.25) is 0 Å². The lowest BCUT2D eigenvalue weighted by atomic mass is 10.2. The Hall–Kier alpha value is -1.69. The Kier molecular flexibility index (Phi) is 5.50. The summed E-state index contributed by atoms with van der Waals surface area (Å²) in [5.41, 5.74) is 0.262. The van der Waals surface area contributed by atoms with Gasteiger partial charge < -0.3 is 15.5 Å². The van der Waals surface area contributed by atoms with Crippen LogP contribution in [0.3, 0.4) is 0 Å². The third-order valence-electron chi connectivity index (χ3n) is 3.56. The van der Waals surface area contributed by atoms with Gasteiger partial charge in [-0.15, -0.1) is 0 Å². The number of amides is 1. The van der Waals surface area contributed by atoms with Gasteiger partial charge in [-0.05, 0) is 32.4 Å². The highest BCUT2D eigenvalue weighted by atomic mass is 19.1. The van der Waals surface area contributed by atoms with Gasteiger partial charge in [-0.1, -0.05) is 6.92 Å². The van der Waals surface area contributed by atoms with Gasteiger partial charge in [0.2, 0.25) is 0 Å². The molecule has 0 bridgehead atoms. The fraction of sp³-hybridized carbons (Fsp3) is 0.600. The number of carbonyl (C=O) groups excluding carboxylic acids is 1. The van der Waals surface area contributed by atoms with Crippen molar-refractivity contribution in [2.75, 3.05) is 32.0 Å². The van der Waals surface area contributed by atoms with Gasteiger partial charge in [-0.2, -0.15) is 0 Å². The van der Waals surface area contributed by atoms with Crippen molar-refractivity contribution in [2.24, 2.45) is 0 Å². The van der Waals surface area contributed by atoms with Gasteiger partial charge in [-0.25, -0.2) is 9.37 Å². The fourth-order valence-corrected chi connectivity index (χ4v) is 2.14. The molecule has 1 aromatic heterocycles. The minimum Gasteiger partial charge on any atom is -0.369 e. The van der Waals surface area contributed by atoms with Crippen molar-refractivity contribution >= 4 is 11.7 Å². The second-order valence-corrected chi connectivity index (χ2v) is 5.44. The molecule has 2 rings (SSSR count). The van der Waals surface area contributed by atoms with Crippen molar-refractivity contribution in [2.45, 2.75) is 32.2 Å². The van der Waals surface area contributed by atoms with Crippen LogP contribution in [0.25, 0.3) is 0 Å². The molecule has 2 N–H and O–H groups in total. The predicted molar refractivity (Wildman–Crippen MR) is 81.0 cm³/mol. The first kappa shape index (κ1) is 15.7. The standard InChI is InChI=1S/C15H23FN4O/c1-3-6-17-14-13(9-11(16)10-19-14)15(21)18-7-8-20(2)12-4-5-12/h9-10,12H,3-8H2,1-2H3,(H,17,19)(H,18,21). The molecular weight excluding hydrogens is 271 g/mol. The summed E-state index contributed by atoms with van der Waals surface area (Å²) in [4.78, 5) is 18.4. The van der Waals surface area contributed by atoms with E-state index in [4.69, 9.17) is 0 Å². The van der Waals surface area contributed by atoms with Gasteiger partial charge >= 0.3 is 0 Å². The minimum absolute atomic E-state index is 0.262. The second-order valence-electron chi connectivity index (χ2n) is 5.44. The highest BCUT2D eigenvalue weighted by Gasteiger charge is 2.25. The van der Waals surface area contributed by atoms with Crippen LogP contribution in [0.15, 0.2) is 12.3 Å². The number of likely N-dealkylation sites (N-methyl/N-ethyl adjacent to an activating group) is 1. The molecule has 0 radical (unpaired) electrons. The van der Waals surface area contributed by atoms with E-state index in [1.165, 1.54) is 18.9 Å². The lowest BCUT2D eigenvalue weighted by molar-refractivity contribution is 0.0949. The smallest absolute Gasteiger partial charge is 0.255 e. The van der Waals surface area contributed by atoms with Crippen molar-refractivity contribution in [1.82, 2.24) is 15.2 Å². The number of hydrogen-bond donors (Lipinski definition) is 2. The number of carbonyl (C=O) groups is 1. The molecule has 0 unspecified atom stereocenters. The maximum Gasteiger partial charge on any atom is 0.255 e. The average molecular weight is 294 g/mol. The summed E-state index contributed by atoms with van der Waals surface area (Å²) in [6.45, 7) is 4.07. The molecule has 1 saturated carbocycles. The third kappa shape index (κ3) is 4.67. The molecule has 6 heteroatoms. The van der Waals surface area contributed by atoms with Crippen LogP contribution in [-0.2, 0) is 0 Å². The predicted octanol–water partition coefficient (Wildman–Crippen LogP) is 1.87. The van der Waals surface area contributed by atoms with Crippen LogP contribution in [-0.4, -0.2) is 48.5 Å². The molecule has 5 nitrogen and oxygen atoms in total. The molecule has 1 fully saturated rings. The highest BCUT2D eigenvalue weighted by molar-refractivity contribution is 5.98. The first-order chi connectivity index (χ1) is 10.1. The molecule has 0 aromatic carbocycles. The monoisotopic (exact) mass is 294 g/mol. The molecular formula is C15H23FN4O. The molecule has 21 heavy (non-hydrogen) atoms. The maximum atomic E-state index is 13.3. The Labute approximate surface area is 124 Å². The van der Waals surface area contributed by atoms with Crippen LogP contribution >= 0.6 is 0 Å². The van der Waals surface area contributed by atoms with Crippen LogP contribution < -0.4 is 10.6 Å². The van der Waals surface area contributed by atoms with Crippen molar-refractivity contribution in [3.8, 4) is 0 Å². The maximum absolute atomic E-state index is 13.3. The quantitative estimate of drug-likeness (QED) is 0.768. The van der Waals surface area contributed by atoms with Crippen LogP contribution in [0.4, 0.5) is 10.2 Å². The molecule has 0 saturated heterocycles. The number of nitrogens with zero attached hydrogens (tertiary/aromatic N) is 2. The molecule has 1 heterocycles. The highest BCUT2D eigenvalue weighted by Crippen LogP contribution is 2.24. The van der Waals surface area contributed by atoms with Crippen molar-refractivity contribution in [1.29, 1.82) is 0 Å². The van der Waals surface area contributed by atoms with Crippen LogP contribution in [0.5, 0.6) is 0 Å². The Bertz CT molecular complexity index is 491. The normalized spacial score (nSPS) is 14.3. The van der Waals surface area contributed by atoms with E-state index < -0.39 is 5.82 Å². The van der Waals surface area contributed by atoms with Gasteiger partial charge in [-0.3, -0.25) is 4.79 Å². The zero-order valence-corrected chi connectivity index (χ0v) is 12.7. The Morgan fingerprint density at radius 3 is 2.90 bits per heavy atom. The van der Waals surface area contributed by atoms with Crippen LogP contribution in [0, 0.1) is 5.82 Å². The van der Waals surface area contributed by atoms with Crippen molar-refractivity contribution < 1.29 is 9.18 Å². The molecule has 0 atom stereocenters. The first-order valence-electron chi connectivity index (χ1n) is 7.49. The molecule has 116 valence electrons. The summed E-state index contributed by atoms with van der Waals surface area (Å²) in [6, 6.07) is 1.89. The van der Waals surface area contributed by atoms with E-state index in [0.29, 0.717) is 24.9 Å². The number of aromatic nitrogens is 1. The van der Waals surface area contributed by atoms with Gasteiger partial charge in [0.1, 0.15) is 11.6 Å². The van der Waals surface area contributed by atoms with Gasteiger partial charge in [0.05, 0.1) is 11.8 Å². The summed E-state index contributed by atoms with van der Waals surface area (Å²) in [7, 11) is 2.06. The Balaban J connectivity index is 1.91. The summed E-state index contributed by atoms with van der Waals surface area (Å²) in [5, 5.41) is 5.88. The minimum atomic E-state index is -0.503. The number of halogens is 1. The largest absolute Gasteiger partial charge is 0.369 e.